The summed E-state index contributed by atoms with van der Waals surface area (Å²) in [6.07, 6.45) is -0.0199. The minimum Gasteiger partial charge on any atom is -0.507 e. The number of likely N-dealkylation sites (N-methyl/N-ethyl adjacent to an activating group) is 2. The minimum atomic E-state index is -1.76. The zero-order chi connectivity index (χ0) is 108. The molecule has 4 aliphatic heterocycles. The Kier molecular flexibility index (Phi) is 40.3. The third-order valence-electron chi connectivity index (χ3n) is 28.4. The number of phenols is 3. The number of furan rings is 1. The first-order chi connectivity index (χ1) is 68.7. The van der Waals surface area contributed by atoms with Gasteiger partial charge in [-0.25, -0.2) is 9.18 Å². The summed E-state index contributed by atoms with van der Waals surface area (Å²) >= 11 is 1.60. The third-order valence-corrected chi connectivity index (χ3v) is 29.2. The number of carbonyl (C=O) groups is 12. The van der Waals surface area contributed by atoms with Gasteiger partial charge in [0.2, 0.25) is 35.4 Å². The monoisotopic (exact) mass is 2040 g/mol. The van der Waals surface area contributed by atoms with Crippen LogP contribution in [0, 0.1) is 62.1 Å². The Morgan fingerprint density at radius 2 is 1.26 bits per heavy atom. The number of ether oxygens (including phenoxy) is 3. The number of hydrogen-bond donors (Lipinski definition) is 8. The van der Waals surface area contributed by atoms with Crippen LogP contribution in [0.1, 0.15) is 266 Å². The summed E-state index contributed by atoms with van der Waals surface area (Å²) in [7, 11) is 4.29. The van der Waals surface area contributed by atoms with Gasteiger partial charge in [0.1, 0.15) is 94.5 Å². The number of fused-ring (bicyclic) bond motifs is 2. The van der Waals surface area contributed by atoms with Gasteiger partial charge < -0.3 is 89.2 Å². The molecule has 13 atom stereocenters. The molecule has 8 N–H and O–H groups in total. The average molecular weight is 2040 g/mol. The van der Waals surface area contributed by atoms with E-state index < -0.39 is 150 Å². The number of thiophene rings is 1. The van der Waals surface area contributed by atoms with E-state index in [1.54, 1.807) is 81.7 Å². The van der Waals surface area contributed by atoms with Gasteiger partial charge in [0.05, 0.1) is 48.1 Å². The fourth-order valence-corrected chi connectivity index (χ4v) is 20.6. The molecule has 12 rings (SSSR count). The molecular weight excluding hydrogens is 1880 g/mol. The summed E-state index contributed by atoms with van der Waals surface area (Å²) in [4.78, 5) is 176. The number of benzene rings is 5. The van der Waals surface area contributed by atoms with Crippen molar-refractivity contribution in [3.8, 4) is 23.0 Å². The van der Waals surface area contributed by atoms with Crippen LogP contribution in [0.2, 0.25) is 0 Å². The van der Waals surface area contributed by atoms with Crippen LogP contribution in [0.25, 0.3) is 10.2 Å². The number of aromatic hydroxyl groups is 3. The number of esters is 2. The predicted octanol–water partition coefficient (Wildman–Crippen LogP) is 15.4. The number of carbonyl (C=O) groups excluding carboxylic acids is 12. The molecule has 0 aliphatic carbocycles. The van der Waals surface area contributed by atoms with E-state index in [4.69, 9.17) is 18.6 Å². The smallest absolute Gasteiger partial charge is 0.329 e. The second kappa shape index (κ2) is 50.9. The summed E-state index contributed by atoms with van der Waals surface area (Å²) < 4.78 is 39.0. The zero-order valence-corrected chi connectivity index (χ0v) is 90.1. The minimum absolute atomic E-state index is 0.00138. The molecule has 4 unspecified atom stereocenters. The number of phenolic OH excluding ortho intramolecular Hbond substituents is 3. The van der Waals surface area contributed by atoms with Crippen LogP contribution >= 0.6 is 11.3 Å². The Balaban J connectivity index is 0.000000264. The normalized spacial score (nSPS) is 21.2. The van der Waals surface area contributed by atoms with Crippen molar-refractivity contribution in [1.82, 2.24) is 45.0 Å². The Morgan fingerprint density at radius 1 is 0.685 bits per heavy atom. The van der Waals surface area contributed by atoms with Crippen LogP contribution in [0.15, 0.2) is 125 Å². The van der Waals surface area contributed by atoms with Gasteiger partial charge >= 0.3 is 11.9 Å². The molecule has 4 fully saturated rings. The third kappa shape index (κ3) is 29.6. The lowest BCUT2D eigenvalue weighted by molar-refractivity contribution is -0.163. The number of hydrogen-bond acceptors (Lipinski definition) is 22. The number of aliphatic hydroxyl groups excluding tert-OH is 2. The van der Waals surface area contributed by atoms with E-state index in [0.29, 0.717) is 106 Å². The fraction of sp³-hybridized carbons (Fsp3) is 0.544. The maximum absolute atomic E-state index is 15.0. The van der Waals surface area contributed by atoms with Crippen molar-refractivity contribution in [3.05, 3.63) is 199 Å². The standard InChI is InChI=1S/C57H89N7O15.C31H40O3.C26H25FN2O3S/c1-15-33(8)46-44(66)29-45(67)79-49(32(6)7)48(68)34(9)50(69)58-39(26-30(2)3)54(73)64-25-17-19-41(64)56(75)62(13)43(28-37-20-22-38(77-14)23-21-37)57(76)78-36(11)47(52(71)59-46)60-51(70)42(27-31(4)5)61(12)55(74)40-18-16-24-63(40)53(72)35(10)65;1-18-10-21(16-23-12-19(2)14-25(28(23)33)30(4,5)6)27(32)22(11-18)17-24-13-20(3)15-26(29(24)34)31(7,8)9;27-20-5-3-18(4-6-20)17-29-22-11-15-33-25(22)16-23(29)26(31)28-12-9-19(10-13-28)24(30)8-7-21-2-1-14-32-21/h20-23,30-36,39-44,46-47,49,65-66H,15-19,24-29H2,1-14H3,(H,58,69)(H,59,71)(H,60,70);10-15,32-34H,16-17H2,1-9H3;1-6,11,14-16,19H,7-10,12-13,17H2/t33?,34-,35?,36+,39-,40?,41-,42+,43-,44-,46?,47-,49-;;/m0../s1. The van der Waals surface area contributed by atoms with Crippen LogP contribution in [0.4, 0.5) is 4.39 Å². The largest absolute Gasteiger partial charge is 0.507 e. The van der Waals surface area contributed by atoms with Gasteiger partial charge in [-0.3, -0.25) is 52.7 Å². The van der Waals surface area contributed by atoms with Crippen molar-refractivity contribution >= 4 is 92.3 Å². The fourth-order valence-electron chi connectivity index (χ4n) is 19.8. The number of aryl methyl sites for hydroxylation is 4. The number of amides is 8. The number of ketones is 2. The van der Waals surface area contributed by atoms with E-state index >= 15 is 4.79 Å². The number of nitrogens with one attached hydrogen (secondary N) is 3. The van der Waals surface area contributed by atoms with Crippen molar-refractivity contribution in [1.29, 1.82) is 0 Å². The number of cyclic esters (lactones) is 2. The lowest BCUT2D eigenvalue weighted by Gasteiger charge is -2.36. The number of nitrogens with zero attached hydrogens (tertiary/aromatic N) is 6. The molecule has 5 aromatic carbocycles. The van der Waals surface area contributed by atoms with Gasteiger partial charge in [-0.1, -0.05) is 181 Å². The van der Waals surface area contributed by atoms with Gasteiger partial charge in [0.15, 0.2) is 11.9 Å². The van der Waals surface area contributed by atoms with Crippen molar-refractivity contribution in [2.45, 2.75) is 319 Å². The van der Waals surface area contributed by atoms with E-state index in [2.05, 4.69) is 57.5 Å². The number of Topliss-reactive ketones (excluding diaryl/α,β-unsaturated/α-hetero) is 2. The topological polar surface area (TPSA) is 404 Å². The van der Waals surface area contributed by atoms with E-state index in [-0.39, 0.29) is 97.0 Å². The zero-order valence-electron chi connectivity index (χ0n) is 89.2. The van der Waals surface area contributed by atoms with E-state index in [1.807, 2.05) is 124 Å². The lowest BCUT2D eigenvalue weighted by Crippen LogP contribution is -2.62. The number of rotatable bonds is 26. The van der Waals surface area contributed by atoms with Crippen molar-refractivity contribution < 1.29 is 106 Å². The Bertz CT molecular complexity index is 5810. The van der Waals surface area contributed by atoms with Crippen molar-refractivity contribution in [2.75, 3.05) is 47.4 Å². The van der Waals surface area contributed by atoms with Crippen LogP contribution in [-0.2, 0) is 105 Å². The second-order valence-corrected chi connectivity index (χ2v) is 44.4. The molecule has 30 nitrogen and oxygen atoms in total. The maximum Gasteiger partial charge on any atom is 0.329 e. The van der Waals surface area contributed by atoms with E-state index in [0.717, 1.165) is 71.6 Å². The molecule has 0 spiro atoms. The molecule has 4 saturated heterocycles. The molecular formula is C114H154FN9O21S. The van der Waals surface area contributed by atoms with Crippen LogP contribution in [0.5, 0.6) is 23.0 Å². The number of piperidine rings is 1. The highest BCUT2D eigenvalue weighted by Gasteiger charge is 2.47. The Morgan fingerprint density at radius 3 is 1.80 bits per heavy atom. The highest BCUT2D eigenvalue weighted by atomic mass is 32.1. The molecule has 794 valence electrons. The van der Waals surface area contributed by atoms with Gasteiger partial charge in [0, 0.05) is 84.8 Å². The van der Waals surface area contributed by atoms with E-state index in [9.17, 15) is 82.7 Å². The molecule has 32 heteroatoms. The lowest BCUT2D eigenvalue weighted by atomic mass is 9.82. The van der Waals surface area contributed by atoms with Crippen LogP contribution in [-0.4, -0.2) is 239 Å². The quantitative estimate of drug-likeness (QED) is 0.0184. The second-order valence-electron chi connectivity index (χ2n) is 43.4. The van der Waals surface area contributed by atoms with Crippen molar-refractivity contribution in [2.24, 2.45) is 35.5 Å². The van der Waals surface area contributed by atoms with Crippen LogP contribution < -0.4 is 20.7 Å². The van der Waals surface area contributed by atoms with Gasteiger partial charge in [-0.05, 0) is 226 Å². The molecule has 0 radical (unpaired) electrons. The SMILES string of the molecule is CCC(C)C1NC(=O)[C@@H](NC(=O)[C@@H](CC(C)C)N(C)C(=O)C2CCCN2C(=O)C(C)O)[C@@H](C)OC(=O)[C@H](Cc2ccc(OC)cc2)N(C)C(=O)[C@@H]2CCCN2C(=O)[C@H](CC(C)C)NC(=O)[C@@H](C)C(=O)[C@H](C(C)C)OC(=O)C[C@@H]1O.Cc1cc(Cc2cc(C)cc(C(C)(C)C)c2O)c(O)c(Cc2cc(C)cc(C(C)(C)C)c2O)c1.O=C(CCc1ccco1)C1CCN(C(=O)c2cc3sccc3n2Cc2ccc(F)cc2)CC1. The highest BCUT2D eigenvalue weighted by molar-refractivity contribution is 7.17. The highest BCUT2D eigenvalue weighted by Crippen LogP contribution is 2.42. The van der Waals surface area contributed by atoms with Gasteiger partial charge in [-0.15, -0.1) is 11.3 Å². The average Bonchev–Trinajstić information content (AvgIpc) is 1.61. The first-order valence-corrected chi connectivity index (χ1v) is 52.2. The molecule has 8 amide bonds. The maximum atomic E-state index is 15.0. The number of methoxy groups -OCH3 is 1. The molecule has 8 aromatic rings. The molecule has 0 bridgehead atoms. The van der Waals surface area contributed by atoms with Crippen LogP contribution in [0.3, 0.4) is 0 Å². The molecule has 4 aliphatic rings. The summed E-state index contributed by atoms with van der Waals surface area (Å²) in [5, 5.41) is 65.6. The number of halogens is 1. The van der Waals surface area contributed by atoms with E-state index in [1.165, 1.54) is 73.7 Å². The van der Waals surface area contributed by atoms with Gasteiger partial charge in [0.25, 0.3) is 11.8 Å². The predicted molar refractivity (Wildman–Crippen MR) is 558 cm³/mol. The Labute approximate surface area is 862 Å². The molecule has 7 heterocycles. The molecule has 0 saturated carbocycles. The molecule has 146 heavy (non-hydrogen) atoms. The number of likely N-dealkylation sites (tertiary alicyclic amines) is 2. The summed E-state index contributed by atoms with van der Waals surface area (Å²) in [5.41, 5.74) is 11.0. The van der Waals surface area contributed by atoms with Gasteiger partial charge in [-0.2, -0.15) is 0 Å². The summed E-state index contributed by atoms with van der Waals surface area (Å²) in [6, 6.07) is 23.9. The van der Waals surface area contributed by atoms with Crippen molar-refractivity contribution in [3.63, 3.8) is 0 Å². The molecule has 3 aromatic heterocycles. The Hall–Kier alpha value is -12.3. The summed E-state index contributed by atoms with van der Waals surface area (Å²) in [5.74, 6) is -8.65. The first kappa shape index (κ1) is 116. The number of aliphatic hydroxyl groups is 2. The first-order valence-electron chi connectivity index (χ1n) is 51.3. The summed E-state index contributed by atoms with van der Waals surface area (Å²) in [6.45, 7) is 38.7. The number of aromatic nitrogens is 1.